The third kappa shape index (κ3) is 3.47. The van der Waals surface area contributed by atoms with E-state index in [2.05, 4.69) is 108 Å². The van der Waals surface area contributed by atoms with Crippen molar-refractivity contribution in [1.29, 1.82) is 5.26 Å². The summed E-state index contributed by atoms with van der Waals surface area (Å²) >= 11 is 0. The molecule has 0 aliphatic heterocycles. The smallest absolute Gasteiger partial charge is 0.146 e. The topological polar surface area (TPSA) is 41.6 Å². The maximum atomic E-state index is 9.23. The number of hydrogen-bond donors (Lipinski definition) is 0. The zero-order chi connectivity index (χ0) is 24.8. The molecule has 0 fully saturated rings. The monoisotopic (exact) mass is 471 g/mol. The Morgan fingerprint density at radius 2 is 1.22 bits per heavy atom. The van der Waals surface area contributed by atoms with Gasteiger partial charge in [-0.05, 0) is 52.9 Å². The number of fused-ring (bicyclic) bond motifs is 4. The fourth-order valence-corrected chi connectivity index (χ4v) is 5.23. The fourth-order valence-electron chi connectivity index (χ4n) is 5.23. The molecule has 0 unspecified atom stereocenters. The molecule has 172 valence electrons. The van der Waals surface area contributed by atoms with E-state index in [1.807, 2.05) is 30.3 Å². The van der Waals surface area contributed by atoms with Crippen molar-refractivity contribution in [3.8, 4) is 34.3 Å². The van der Waals surface area contributed by atoms with E-state index in [9.17, 15) is 5.26 Å². The normalized spacial score (nSPS) is 11.2. The van der Waals surface area contributed by atoms with E-state index in [1.54, 1.807) is 0 Å². The van der Waals surface area contributed by atoms with Gasteiger partial charge in [0.1, 0.15) is 5.82 Å². The average molecular weight is 472 g/mol. The van der Waals surface area contributed by atoms with Gasteiger partial charge in [0.25, 0.3) is 0 Å². The molecular formula is C34H21N3. The van der Waals surface area contributed by atoms with Gasteiger partial charge >= 0.3 is 0 Å². The van der Waals surface area contributed by atoms with E-state index in [1.165, 1.54) is 21.9 Å². The Labute approximate surface area is 214 Å². The number of pyridine rings is 1. The Morgan fingerprint density at radius 1 is 0.541 bits per heavy atom. The van der Waals surface area contributed by atoms with E-state index >= 15 is 0 Å². The summed E-state index contributed by atoms with van der Waals surface area (Å²) in [6, 6.07) is 46.1. The summed E-state index contributed by atoms with van der Waals surface area (Å²) < 4.78 is 2.29. The van der Waals surface area contributed by atoms with Crippen LogP contribution in [0.1, 0.15) is 5.56 Å². The molecule has 2 aromatic heterocycles. The molecule has 0 N–H and O–H groups in total. The second kappa shape index (κ2) is 8.48. The number of para-hydroxylation sites is 1. The Kier molecular flexibility index (Phi) is 4.84. The third-order valence-electron chi connectivity index (χ3n) is 7.02. The van der Waals surface area contributed by atoms with Gasteiger partial charge in [-0.15, -0.1) is 0 Å². The van der Waals surface area contributed by atoms with Crippen LogP contribution in [-0.2, 0) is 0 Å². The molecule has 0 saturated heterocycles. The minimum absolute atomic E-state index is 0.640. The van der Waals surface area contributed by atoms with Crippen LogP contribution in [0.5, 0.6) is 0 Å². The largest absolute Gasteiger partial charge is 0.293 e. The SMILES string of the molecule is N#Cc1ccc(-c2cc3ccccc3c(-n3c4ccccc4c4cc(-c5ccccc5)ccc43)n2)cc1. The lowest BCUT2D eigenvalue weighted by atomic mass is 10.0. The molecule has 7 aromatic rings. The quantitative estimate of drug-likeness (QED) is 0.259. The van der Waals surface area contributed by atoms with Crippen molar-refractivity contribution in [3.63, 3.8) is 0 Å². The van der Waals surface area contributed by atoms with Gasteiger partial charge in [0, 0.05) is 21.7 Å². The zero-order valence-electron chi connectivity index (χ0n) is 20.0. The standard InChI is InChI=1S/C34H21N3/c35-22-23-14-16-25(17-15-23)31-21-27-10-4-5-11-28(27)34(36-31)37-32-13-7-6-12-29(32)30-20-26(18-19-33(30)37)24-8-2-1-3-9-24/h1-21H. The first-order valence-electron chi connectivity index (χ1n) is 12.3. The van der Waals surface area contributed by atoms with Gasteiger partial charge in [-0.2, -0.15) is 5.26 Å². The first-order valence-corrected chi connectivity index (χ1v) is 12.3. The van der Waals surface area contributed by atoms with Gasteiger partial charge < -0.3 is 0 Å². The van der Waals surface area contributed by atoms with Crippen LogP contribution < -0.4 is 0 Å². The fraction of sp³-hybridized carbons (Fsp3) is 0. The van der Waals surface area contributed by atoms with E-state index < -0.39 is 0 Å². The van der Waals surface area contributed by atoms with Gasteiger partial charge in [-0.3, -0.25) is 4.57 Å². The first-order chi connectivity index (χ1) is 18.3. The van der Waals surface area contributed by atoms with Crippen LogP contribution >= 0.6 is 0 Å². The van der Waals surface area contributed by atoms with Gasteiger partial charge in [0.2, 0.25) is 0 Å². The molecule has 0 spiro atoms. The lowest BCUT2D eigenvalue weighted by Gasteiger charge is -2.13. The molecular weight excluding hydrogens is 450 g/mol. The Hall–Kier alpha value is -5.20. The van der Waals surface area contributed by atoms with Gasteiger partial charge in [0.15, 0.2) is 0 Å². The molecule has 3 heteroatoms. The highest BCUT2D eigenvalue weighted by atomic mass is 15.1. The molecule has 5 aromatic carbocycles. The molecule has 2 heterocycles. The molecule has 3 nitrogen and oxygen atoms in total. The molecule has 0 aliphatic rings. The molecule has 37 heavy (non-hydrogen) atoms. The first kappa shape index (κ1) is 21.1. The molecule has 0 aliphatic carbocycles. The predicted octanol–water partition coefficient (Wildman–Crippen LogP) is 8.54. The van der Waals surface area contributed by atoms with Crippen LogP contribution in [0.4, 0.5) is 0 Å². The van der Waals surface area contributed by atoms with Crippen molar-refractivity contribution >= 4 is 32.6 Å². The maximum absolute atomic E-state index is 9.23. The predicted molar refractivity (Wildman–Crippen MR) is 152 cm³/mol. The third-order valence-corrected chi connectivity index (χ3v) is 7.02. The summed E-state index contributed by atoms with van der Waals surface area (Å²) in [5, 5.41) is 13.8. The van der Waals surface area contributed by atoms with Crippen molar-refractivity contribution < 1.29 is 0 Å². The summed E-state index contributed by atoms with van der Waals surface area (Å²) in [4.78, 5) is 5.23. The summed E-state index contributed by atoms with van der Waals surface area (Å²) in [6.07, 6.45) is 0. The molecule has 0 saturated carbocycles. The van der Waals surface area contributed by atoms with Gasteiger partial charge in [-0.1, -0.05) is 91.0 Å². The molecule has 7 rings (SSSR count). The number of nitriles is 1. The van der Waals surface area contributed by atoms with Crippen LogP contribution in [0, 0.1) is 11.3 Å². The highest BCUT2D eigenvalue weighted by Gasteiger charge is 2.17. The number of rotatable bonds is 3. The minimum atomic E-state index is 0.640. The molecule has 0 atom stereocenters. The molecule has 0 bridgehead atoms. The van der Waals surface area contributed by atoms with Crippen LogP contribution in [0.2, 0.25) is 0 Å². The highest BCUT2D eigenvalue weighted by molar-refractivity contribution is 6.11. The summed E-state index contributed by atoms with van der Waals surface area (Å²) in [5.41, 5.74) is 7.14. The van der Waals surface area contributed by atoms with E-state index in [0.717, 1.165) is 38.9 Å². The van der Waals surface area contributed by atoms with Gasteiger partial charge in [-0.25, -0.2) is 4.98 Å². The van der Waals surface area contributed by atoms with E-state index in [-0.39, 0.29) is 0 Å². The number of hydrogen-bond acceptors (Lipinski definition) is 2. The summed E-state index contributed by atoms with van der Waals surface area (Å²) in [5.74, 6) is 0.899. The second-order valence-corrected chi connectivity index (χ2v) is 9.19. The summed E-state index contributed by atoms with van der Waals surface area (Å²) in [6.45, 7) is 0. The lowest BCUT2D eigenvalue weighted by Crippen LogP contribution is -2.00. The van der Waals surface area contributed by atoms with Crippen molar-refractivity contribution in [2.24, 2.45) is 0 Å². The number of benzene rings is 5. The number of nitrogens with zero attached hydrogens (tertiary/aromatic N) is 3. The van der Waals surface area contributed by atoms with Crippen LogP contribution in [0.25, 0.3) is 60.8 Å². The van der Waals surface area contributed by atoms with E-state index in [4.69, 9.17) is 4.98 Å². The van der Waals surface area contributed by atoms with E-state index in [0.29, 0.717) is 5.56 Å². The van der Waals surface area contributed by atoms with Crippen molar-refractivity contribution in [3.05, 3.63) is 133 Å². The lowest BCUT2D eigenvalue weighted by molar-refractivity contribution is 1.10. The van der Waals surface area contributed by atoms with Gasteiger partial charge in [0.05, 0.1) is 28.4 Å². The minimum Gasteiger partial charge on any atom is -0.293 e. The number of aromatic nitrogens is 2. The van der Waals surface area contributed by atoms with Crippen molar-refractivity contribution in [2.45, 2.75) is 0 Å². The van der Waals surface area contributed by atoms with Crippen molar-refractivity contribution in [1.82, 2.24) is 9.55 Å². The molecule has 0 radical (unpaired) electrons. The Bertz CT molecular complexity index is 1970. The Balaban J connectivity index is 1.54. The zero-order valence-corrected chi connectivity index (χ0v) is 20.0. The van der Waals surface area contributed by atoms with Crippen molar-refractivity contribution in [2.75, 3.05) is 0 Å². The highest BCUT2D eigenvalue weighted by Crippen LogP contribution is 2.37. The van der Waals surface area contributed by atoms with Crippen LogP contribution in [0.3, 0.4) is 0 Å². The van der Waals surface area contributed by atoms with Crippen LogP contribution in [0.15, 0.2) is 127 Å². The summed E-state index contributed by atoms with van der Waals surface area (Å²) in [7, 11) is 0. The average Bonchev–Trinajstić information content (AvgIpc) is 3.30. The molecule has 0 amide bonds. The maximum Gasteiger partial charge on any atom is 0.146 e. The second-order valence-electron chi connectivity index (χ2n) is 9.19. The van der Waals surface area contributed by atoms with Crippen LogP contribution in [-0.4, -0.2) is 9.55 Å². The Morgan fingerprint density at radius 3 is 2.03 bits per heavy atom.